The molecule has 0 spiro atoms. The second-order valence-corrected chi connectivity index (χ2v) is 9.94. The smallest absolute Gasteiger partial charge is 0.253 e. The van der Waals surface area contributed by atoms with Crippen LogP contribution in [-0.2, 0) is 9.53 Å². The van der Waals surface area contributed by atoms with Crippen LogP contribution < -0.4 is 5.32 Å². The number of piperidine rings is 1. The van der Waals surface area contributed by atoms with E-state index in [4.69, 9.17) is 27.9 Å². The number of thioether (sulfide) groups is 1. The molecule has 1 unspecified atom stereocenters. The van der Waals surface area contributed by atoms with Gasteiger partial charge >= 0.3 is 0 Å². The van der Waals surface area contributed by atoms with Crippen LogP contribution in [0.15, 0.2) is 18.2 Å². The van der Waals surface area contributed by atoms with E-state index >= 15 is 0 Å². The van der Waals surface area contributed by atoms with Crippen LogP contribution in [0.4, 0.5) is 0 Å². The summed E-state index contributed by atoms with van der Waals surface area (Å²) in [6, 6.07) is 4.20. The number of likely N-dealkylation sites (tertiary alicyclic amines) is 1. The van der Waals surface area contributed by atoms with E-state index in [9.17, 15) is 9.59 Å². The second kappa shape index (κ2) is 12.3. The normalized spacial score (nSPS) is 19.3. The van der Waals surface area contributed by atoms with Crippen LogP contribution in [0.5, 0.6) is 0 Å². The van der Waals surface area contributed by atoms with Gasteiger partial charge in [-0.1, -0.05) is 23.2 Å². The largest absolute Gasteiger partial charge is 0.379 e. The maximum absolute atomic E-state index is 13.2. The minimum atomic E-state index is -0.553. The molecular weight excluding hydrogens is 457 g/mol. The number of carbonyl (C=O) groups excluding carboxylic acids is 2. The van der Waals surface area contributed by atoms with Gasteiger partial charge in [-0.25, -0.2) is 0 Å². The van der Waals surface area contributed by atoms with E-state index in [0.29, 0.717) is 22.9 Å². The Kier molecular flexibility index (Phi) is 9.78. The summed E-state index contributed by atoms with van der Waals surface area (Å²) >= 11 is 13.8. The van der Waals surface area contributed by atoms with Gasteiger partial charge in [-0.15, -0.1) is 0 Å². The number of halogens is 2. The Balaban J connectivity index is 1.56. The molecule has 2 saturated heterocycles. The SMILES string of the molecule is CSCCC(NC(=O)c1ccc(Cl)cc1Cl)C(=O)N1CCC(CN2CCOCC2)CC1. The van der Waals surface area contributed by atoms with Crippen LogP contribution in [0.1, 0.15) is 29.6 Å². The number of morpholine rings is 1. The fourth-order valence-electron chi connectivity index (χ4n) is 4.11. The van der Waals surface area contributed by atoms with Crippen molar-refractivity contribution in [2.24, 2.45) is 5.92 Å². The highest BCUT2D eigenvalue weighted by Crippen LogP contribution is 2.23. The van der Waals surface area contributed by atoms with Crippen LogP contribution in [0, 0.1) is 5.92 Å². The number of nitrogens with one attached hydrogen (secondary N) is 1. The Labute approximate surface area is 198 Å². The van der Waals surface area contributed by atoms with Crippen molar-refractivity contribution < 1.29 is 14.3 Å². The molecule has 0 bridgehead atoms. The molecule has 1 aromatic carbocycles. The number of benzene rings is 1. The predicted molar refractivity (Wildman–Crippen MR) is 127 cm³/mol. The van der Waals surface area contributed by atoms with Crippen LogP contribution in [0.3, 0.4) is 0 Å². The lowest BCUT2D eigenvalue weighted by atomic mass is 9.95. The lowest BCUT2D eigenvalue weighted by Gasteiger charge is -2.37. The van der Waals surface area contributed by atoms with Crippen molar-refractivity contribution in [3.63, 3.8) is 0 Å². The predicted octanol–water partition coefficient (Wildman–Crippen LogP) is 3.42. The lowest BCUT2D eigenvalue weighted by Crippen LogP contribution is -2.51. The zero-order valence-electron chi connectivity index (χ0n) is 17.9. The molecule has 1 atom stereocenters. The number of carbonyl (C=O) groups is 2. The van der Waals surface area contributed by atoms with Crippen LogP contribution in [-0.4, -0.2) is 85.6 Å². The zero-order valence-corrected chi connectivity index (χ0v) is 20.3. The summed E-state index contributed by atoms with van der Waals surface area (Å²) in [7, 11) is 0. The molecule has 1 N–H and O–H groups in total. The van der Waals surface area contributed by atoms with Crippen molar-refractivity contribution in [1.29, 1.82) is 0 Å². The minimum absolute atomic E-state index is 0.00249. The van der Waals surface area contributed by atoms with E-state index in [0.717, 1.165) is 64.5 Å². The monoisotopic (exact) mass is 487 g/mol. The molecule has 0 radical (unpaired) electrons. The third kappa shape index (κ3) is 7.26. The number of amides is 2. The van der Waals surface area contributed by atoms with Gasteiger partial charge in [-0.2, -0.15) is 11.8 Å². The van der Waals surface area contributed by atoms with Crippen molar-refractivity contribution in [3.8, 4) is 0 Å². The van der Waals surface area contributed by atoms with Crippen LogP contribution in [0.2, 0.25) is 10.0 Å². The van der Waals surface area contributed by atoms with Gasteiger partial charge in [-0.05, 0) is 55.4 Å². The van der Waals surface area contributed by atoms with E-state index in [1.165, 1.54) is 6.07 Å². The number of ether oxygens (including phenoxy) is 1. The Morgan fingerprint density at radius 3 is 2.55 bits per heavy atom. The highest BCUT2D eigenvalue weighted by Gasteiger charge is 2.30. The topological polar surface area (TPSA) is 61.9 Å². The minimum Gasteiger partial charge on any atom is -0.379 e. The van der Waals surface area contributed by atoms with E-state index < -0.39 is 6.04 Å². The van der Waals surface area contributed by atoms with Gasteiger partial charge in [0, 0.05) is 37.7 Å². The van der Waals surface area contributed by atoms with Gasteiger partial charge in [0.15, 0.2) is 0 Å². The van der Waals surface area contributed by atoms with Crippen LogP contribution >= 0.6 is 35.0 Å². The van der Waals surface area contributed by atoms with Crippen LogP contribution in [0.25, 0.3) is 0 Å². The van der Waals surface area contributed by atoms with Crippen molar-refractivity contribution in [2.75, 3.05) is 57.9 Å². The fourth-order valence-corrected chi connectivity index (χ4v) is 5.07. The van der Waals surface area contributed by atoms with E-state index in [1.807, 2.05) is 11.2 Å². The molecule has 2 amide bonds. The van der Waals surface area contributed by atoms with Gasteiger partial charge in [0.25, 0.3) is 5.91 Å². The summed E-state index contributed by atoms with van der Waals surface area (Å²) in [4.78, 5) is 30.4. The standard InChI is InChI=1S/C22H31Cl2N3O3S/c1-31-13-6-20(25-21(28)18-3-2-17(23)14-19(18)24)22(29)27-7-4-16(5-8-27)15-26-9-11-30-12-10-26/h2-3,14,16,20H,4-13,15H2,1H3,(H,25,28). The molecule has 6 nitrogen and oxygen atoms in total. The second-order valence-electron chi connectivity index (χ2n) is 8.11. The van der Waals surface area contributed by atoms with Gasteiger partial charge in [0.2, 0.25) is 5.91 Å². The first-order valence-corrected chi connectivity index (χ1v) is 13.0. The third-order valence-electron chi connectivity index (χ3n) is 5.94. The molecule has 9 heteroatoms. The summed E-state index contributed by atoms with van der Waals surface area (Å²) < 4.78 is 5.43. The molecule has 2 aliphatic heterocycles. The molecule has 2 fully saturated rings. The highest BCUT2D eigenvalue weighted by atomic mass is 35.5. The van der Waals surface area contributed by atoms with Crippen molar-refractivity contribution >= 4 is 46.8 Å². The van der Waals surface area contributed by atoms with Crippen molar-refractivity contribution in [1.82, 2.24) is 15.1 Å². The number of hydrogen-bond acceptors (Lipinski definition) is 5. The molecule has 0 aromatic heterocycles. The van der Waals surface area contributed by atoms with Gasteiger partial charge in [-0.3, -0.25) is 14.5 Å². The first-order valence-electron chi connectivity index (χ1n) is 10.8. The Hall–Kier alpha value is -0.990. The first kappa shape index (κ1) is 24.6. The van der Waals surface area contributed by atoms with E-state index in [-0.39, 0.29) is 16.8 Å². The summed E-state index contributed by atoms with van der Waals surface area (Å²) in [5, 5.41) is 3.66. The summed E-state index contributed by atoms with van der Waals surface area (Å²) in [6.07, 6.45) is 4.58. The fraction of sp³-hybridized carbons (Fsp3) is 0.636. The number of hydrogen-bond donors (Lipinski definition) is 1. The number of rotatable bonds is 8. The van der Waals surface area contributed by atoms with Gasteiger partial charge in [0.05, 0.1) is 23.8 Å². The molecule has 0 aliphatic carbocycles. The summed E-state index contributed by atoms with van der Waals surface area (Å²) in [5.74, 6) is 1.05. The molecule has 1 aromatic rings. The van der Waals surface area contributed by atoms with Crippen molar-refractivity contribution in [3.05, 3.63) is 33.8 Å². The van der Waals surface area contributed by atoms with Crippen molar-refractivity contribution in [2.45, 2.75) is 25.3 Å². The number of nitrogens with zero attached hydrogens (tertiary/aromatic N) is 2. The molecule has 2 aliphatic rings. The average Bonchev–Trinajstić information content (AvgIpc) is 2.77. The molecular formula is C22H31Cl2N3O3S. The van der Waals surface area contributed by atoms with Gasteiger partial charge in [0.1, 0.15) is 6.04 Å². The Morgan fingerprint density at radius 2 is 1.90 bits per heavy atom. The highest BCUT2D eigenvalue weighted by molar-refractivity contribution is 7.98. The molecule has 31 heavy (non-hydrogen) atoms. The maximum Gasteiger partial charge on any atom is 0.253 e. The molecule has 172 valence electrons. The Morgan fingerprint density at radius 1 is 1.19 bits per heavy atom. The van der Waals surface area contributed by atoms with Gasteiger partial charge < -0.3 is 15.0 Å². The lowest BCUT2D eigenvalue weighted by molar-refractivity contribution is -0.134. The average molecular weight is 488 g/mol. The Bertz CT molecular complexity index is 754. The summed E-state index contributed by atoms with van der Waals surface area (Å²) in [6.45, 7) is 6.16. The van der Waals surface area contributed by atoms with E-state index in [1.54, 1.807) is 23.9 Å². The zero-order chi connectivity index (χ0) is 22.2. The van der Waals surface area contributed by atoms with E-state index in [2.05, 4.69) is 10.2 Å². The third-order valence-corrected chi connectivity index (χ3v) is 7.13. The summed E-state index contributed by atoms with van der Waals surface area (Å²) in [5.41, 5.74) is 0.331. The molecule has 3 rings (SSSR count). The molecule has 0 saturated carbocycles. The maximum atomic E-state index is 13.2. The molecule has 2 heterocycles. The first-order chi connectivity index (χ1) is 15.0. The quantitative estimate of drug-likeness (QED) is 0.608.